The molecule has 0 spiro atoms. The molecule has 1 atom stereocenters. The lowest BCUT2D eigenvalue weighted by Crippen LogP contribution is -2.58. The Morgan fingerprint density at radius 2 is 1.89 bits per heavy atom. The van der Waals surface area contributed by atoms with E-state index in [2.05, 4.69) is 27.9 Å². The molecule has 1 aliphatic carbocycles. The molecule has 4 nitrogen and oxygen atoms in total. The third-order valence-corrected chi connectivity index (χ3v) is 4.39. The highest BCUT2D eigenvalue weighted by molar-refractivity contribution is 14.1. The van der Waals surface area contributed by atoms with Crippen molar-refractivity contribution in [3.8, 4) is 0 Å². The zero-order valence-corrected chi connectivity index (χ0v) is 12.6. The maximum Gasteiger partial charge on any atom is 0.243 e. The Balaban J connectivity index is 1.81. The first-order valence-corrected chi connectivity index (χ1v) is 7.54. The Kier molecular flexibility index (Phi) is 3.47. The summed E-state index contributed by atoms with van der Waals surface area (Å²) in [6, 6.07) is 7.82. The van der Waals surface area contributed by atoms with E-state index in [4.69, 9.17) is 0 Å². The Morgan fingerprint density at radius 1 is 1.21 bits per heavy atom. The molecule has 1 aromatic carbocycles. The van der Waals surface area contributed by atoms with E-state index >= 15 is 0 Å². The molecule has 2 aliphatic rings. The standard InChI is InChI=1S/C14H15IN2O2/c15-11-5-1-9(2-6-11)8-17-12(18)7-16-14(19)13(17)10-3-4-10/h1-2,5-6,10,13H,3-4,7-8H2,(H,16,19). The van der Waals surface area contributed by atoms with Gasteiger partial charge in [0.05, 0.1) is 6.54 Å². The van der Waals surface area contributed by atoms with Crippen LogP contribution in [0.25, 0.3) is 0 Å². The third kappa shape index (κ3) is 2.75. The zero-order valence-electron chi connectivity index (χ0n) is 10.4. The molecule has 1 heterocycles. The van der Waals surface area contributed by atoms with Crippen LogP contribution in [-0.4, -0.2) is 29.3 Å². The maximum absolute atomic E-state index is 12.1. The molecular formula is C14H15IN2O2. The SMILES string of the molecule is O=C1NCC(=O)N(Cc2ccc(I)cc2)C1C1CC1. The molecular weight excluding hydrogens is 355 g/mol. The second-order valence-corrected chi connectivity index (χ2v) is 6.39. The number of hydrogen-bond acceptors (Lipinski definition) is 2. The normalized spacial score (nSPS) is 23.4. The van der Waals surface area contributed by atoms with Crippen molar-refractivity contribution in [2.24, 2.45) is 5.92 Å². The number of carbonyl (C=O) groups excluding carboxylic acids is 2. The predicted molar refractivity (Wildman–Crippen MR) is 79.2 cm³/mol. The lowest BCUT2D eigenvalue weighted by Gasteiger charge is -2.35. The summed E-state index contributed by atoms with van der Waals surface area (Å²) in [4.78, 5) is 25.8. The van der Waals surface area contributed by atoms with Gasteiger partial charge in [-0.25, -0.2) is 0 Å². The van der Waals surface area contributed by atoms with Crippen molar-refractivity contribution < 1.29 is 9.59 Å². The minimum absolute atomic E-state index is 0.00705. The number of nitrogens with one attached hydrogen (secondary N) is 1. The van der Waals surface area contributed by atoms with E-state index in [0.29, 0.717) is 12.5 Å². The van der Waals surface area contributed by atoms with Gasteiger partial charge in [0.25, 0.3) is 0 Å². The molecule has 100 valence electrons. The van der Waals surface area contributed by atoms with Gasteiger partial charge in [-0.3, -0.25) is 9.59 Å². The van der Waals surface area contributed by atoms with Crippen molar-refractivity contribution in [1.82, 2.24) is 10.2 Å². The number of halogens is 1. The Bertz CT molecular complexity index is 511. The topological polar surface area (TPSA) is 49.4 Å². The quantitative estimate of drug-likeness (QED) is 0.821. The van der Waals surface area contributed by atoms with E-state index in [1.165, 1.54) is 3.57 Å². The minimum atomic E-state index is -0.263. The van der Waals surface area contributed by atoms with E-state index in [0.717, 1.165) is 18.4 Å². The van der Waals surface area contributed by atoms with Crippen LogP contribution in [0, 0.1) is 9.49 Å². The first-order valence-electron chi connectivity index (χ1n) is 6.47. The van der Waals surface area contributed by atoms with E-state index in [-0.39, 0.29) is 24.4 Å². The maximum atomic E-state index is 12.1. The largest absolute Gasteiger partial charge is 0.345 e. The highest BCUT2D eigenvalue weighted by Crippen LogP contribution is 2.37. The molecule has 0 bridgehead atoms. The zero-order chi connectivity index (χ0) is 13.4. The predicted octanol–water partition coefficient (Wildman–Crippen LogP) is 1.53. The number of hydrogen-bond donors (Lipinski definition) is 1. The number of benzene rings is 1. The van der Waals surface area contributed by atoms with Crippen molar-refractivity contribution in [3.63, 3.8) is 0 Å². The van der Waals surface area contributed by atoms with Gasteiger partial charge >= 0.3 is 0 Å². The molecule has 3 rings (SSSR count). The Hall–Kier alpha value is -1.11. The van der Waals surface area contributed by atoms with Gasteiger partial charge < -0.3 is 10.2 Å². The van der Waals surface area contributed by atoms with E-state index in [1.54, 1.807) is 4.90 Å². The lowest BCUT2D eigenvalue weighted by atomic mass is 10.1. The first kappa shape index (κ1) is 12.9. The molecule has 5 heteroatoms. The molecule has 0 aromatic heterocycles. The lowest BCUT2D eigenvalue weighted by molar-refractivity contribution is -0.147. The molecule has 1 N–H and O–H groups in total. The fraction of sp³-hybridized carbons (Fsp3) is 0.429. The van der Waals surface area contributed by atoms with Gasteiger partial charge in [-0.1, -0.05) is 12.1 Å². The number of amides is 2. The molecule has 1 unspecified atom stereocenters. The summed E-state index contributed by atoms with van der Waals surface area (Å²) in [5.74, 6) is 0.385. The third-order valence-electron chi connectivity index (χ3n) is 3.67. The molecule has 19 heavy (non-hydrogen) atoms. The highest BCUT2D eigenvalue weighted by Gasteiger charge is 2.44. The van der Waals surface area contributed by atoms with Crippen molar-refractivity contribution in [2.45, 2.75) is 25.4 Å². The van der Waals surface area contributed by atoms with Gasteiger partial charge in [-0.05, 0) is 59.0 Å². The average molecular weight is 370 g/mol. The summed E-state index contributed by atoms with van der Waals surface area (Å²) in [6.07, 6.45) is 2.10. The molecule has 1 aromatic rings. The summed E-state index contributed by atoms with van der Waals surface area (Å²) >= 11 is 2.25. The van der Waals surface area contributed by atoms with Crippen LogP contribution in [0.4, 0.5) is 0 Å². The summed E-state index contributed by atoms with van der Waals surface area (Å²) in [7, 11) is 0. The van der Waals surface area contributed by atoms with Crippen LogP contribution in [0.2, 0.25) is 0 Å². The number of nitrogens with zero attached hydrogens (tertiary/aromatic N) is 1. The van der Waals surface area contributed by atoms with Crippen LogP contribution in [0.15, 0.2) is 24.3 Å². The Labute approximate surface area is 125 Å². The van der Waals surface area contributed by atoms with E-state index < -0.39 is 0 Å². The van der Waals surface area contributed by atoms with Crippen LogP contribution in [0.5, 0.6) is 0 Å². The van der Waals surface area contributed by atoms with Gasteiger partial charge in [0, 0.05) is 10.1 Å². The van der Waals surface area contributed by atoms with Crippen molar-refractivity contribution in [2.75, 3.05) is 6.54 Å². The van der Waals surface area contributed by atoms with Crippen LogP contribution < -0.4 is 5.32 Å². The molecule has 1 aliphatic heterocycles. The van der Waals surface area contributed by atoms with Crippen molar-refractivity contribution in [1.29, 1.82) is 0 Å². The fourth-order valence-corrected chi connectivity index (χ4v) is 2.88. The monoisotopic (exact) mass is 370 g/mol. The summed E-state index contributed by atoms with van der Waals surface area (Å²) < 4.78 is 1.17. The van der Waals surface area contributed by atoms with Crippen molar-refractivity contribution >= 4 is 34.4 Å². The molecule has 1 saturated heterocycles. The van der Waals surface area contributed by atoms with Crippen molar-refractivity contribution in [3.05, 3.63) is 33.4 Å². The van der Waals surface area contributed by atoms with Crippen LogP contribution in [0.3, 0.4) is 0 Å². The molecule has 0 radical (unpaired) electrons. The van der Waals surface area contributed by atoms with Crippen LogP contribution in [-0.2, 0) is 16.1 Å². The smallest absolute Gasteiger partial charge is 0.243 e. The number of rotatable bonds is 3. The minimum Gasteiger partial charge on any atom is -0.345 e. The summed E-state index contributed by atoms with van der Waals surface area (Å²) in [5.41, 5.74) is 1.08. The second kappa shape index (κ2) is 5.11. The molecule has 1 saturated carbocycles. The van der Waals surface area contributed by atoms with Gasteiger partial charge in [0.1, 0.15) is 6.04 Å². The second-order valence-electron chi connectivity index (χ2n) is 5.15. The van der Waals surface area contributed by atoms with Gasteiger partial charge in [0.2, 0.25) is 11.8 Å². The van der Waals surface area contributed by atoms with E-state index in [9.17, 15) is 9.59 Å². The summed E-state index contributed by atoms with van der Waals surface area (Å²) in [5, 5.41) is 2.70. The Morgan fingerprint density at radius 3 is 2.53 bits per heavy atom. The van der Waals surface area contributed by atoms with Gasteiger partial charge in [-0.15, -0.1) is 0 Å². The number of carbonyl (C=O) groups is 2. The number of piperazine rings is 1. The molecule has 2 amide bonds. The first-order chi connectivity index (χ1) is 9.15. The fourth-order valence-electron chi connectivity index (χ4n) is 2.52. The average Bonchev–Trinajstić information content (AvgIpc) is 3.21. The van der Waals surface area contributed by atoms with Crippen LogP contribution >= 0.6 is 22.6 Å². The van der Waals surface area contributed by atoms with Gasteiger partial charge in [-0.2, -0.15) is 0 Å². The summed E-state index contributed by atoms with van der Waals surface area (Å²) in [6.45, 7) is 0.663. The van der Waals surface area contributed by atoms with Gasteiger partial charge in [0.15, 0.2) is 0 Å². The molecule has 2 fully saturated rings. The van der Waals surface area contributed by atoms with Crippen LogP contribution in [0.1, 0.15) is 18.4 Å². The highest BCUT2D eigenvalue weighted by atomic mass is 127. The van der Waals surface area contributed by atoms with E-state index in [1.807, 2.05) is 24.3 Å².